The molecule has 3 unspecified atom stereocenters. The van der Waals surface area contributed by atoms with Gasteiger partial charge in [-0.25, -0.2) is 0 Å². The van der Waals surface area contributed by atoms with Crippen molar-refractivity contribution in [1.82, 2.24) is 5.32 Å². The van der Waals surface area contributed by atoms with E-state index in [9.17, 15) is 0 Å². The summed E-state index contributed by atoms with van der Waals surface area (Å²) in [6, 6.07) is 1.80. The molecule has 0 heterocycles. The number of fused-ring (bicyclic) bond motifs is 1. The van der Waals surface area contributed by atoms with Gasteiger partial charge in [-0.3, -0.25) is 0 Å². The van der Waals surface area contributed by atoms with Crippen LogP contribution in [0.2, 0.25) is 0 Å². The second-order valence-electron chi connectivity index (χ2n) is 9.44. The van der Waals surface area contributed by atoms with Crippen molar-refractivity contribution in [3.05, 3.63) is 0 Å². The van der Waals surface area contributed by atoms with Crippen LogP contribution in [0.4, 0.5) is 0 Å². The summed E-state index contributed by atoms with van der Waals surface area (Å²) in [5, 5.41) is 4.23. The summed E-state index contributed by atoms with van der Waals surface area (Å²) in [7, 11) is 0. The maximum Gasteiger partial charge on any atom is 0.0127 e. The van der Waals surface area contributed by atoms with Gasteiger partial charge in [-0.05, 0) is 86.9 Å². The zero-order chi connectivity index (χ0) is 13.8. The molecule has 0 radical (unpaired) electrons. The topological polar surface area (TPSA) is 12.0 Å². The van der Waals surface area contributed by atoms with Crippen molar-refractivity contribution in [2.45, 2.75) is 89.1 Å². The molecule has 6 fully saturated rings. The van der Waals surface area contributed by atoms with Gasteiger partial charge in [-0.15, -0.1) is 0 Å². The highest BCUT2D eigenvalue weighted by Crippen LogP contribution is 2.54. The summed E-state index contributed by atoms with van der Waals surface area (Å²) in [6.45, 7) is 0. The smallest absolute Gasteiger partial charge is 0.0127 e. The Morgan fingerprint density at radius 3 is 1.90 bits per heavy atom. The van der Waals surface area contributed by atoms with Crippen LogP contribution in [0.3, 0.4) is 0 Å². The zero-order valence-electron chi connectivity index (χ0n) is 13.6. The van der Waals surface area contributed by atoms with Gasteiger partial charge in [-0.2, -0.15) is 0 Å². The predicted octanol–water partition coefficient (Wildman–Crippen LogP) is 4.76. The summed E-state index contributed by atoms with van der Waals surface area (Å²) in [5.41, 5.74) is 0. The van der Waals surface area contributed by atoms with Gasteiger partial charge in [0.15, 0.2) is 0 Å². The quantitative estimate of drug-likeness (QED) is 0.772. The van der Waals surface area contributed by atoms with Crippen molar-refractivity contribution >= 4 is 0 Å². The molecule has 1 nitrogen and oxygen atoms in total. The van der Waals surface area contributed by atoms with Crippen molar-refractivity contribution in [3.8, 4) is 0 Å². The van der Waals surface area contributed by atoms with Gasteiger partial charge in [0.1, 0.15) is 0 Å². The van der Waals surface area contributed by atoms with E-state index in [1.165, 1.54) is 32.1 Å². The van der Waals surface area contributed by atoms with E-state index < -0.39 is 0 Å². The highest BCUT2D eigenvalue weighted by Gasteiger charge is 2.48. The molecule has 21 heavy (non-hydrogen) atoms. The summed E-state index contributed by atoms with van der Waals surface area (Å²) in [6.07, 6.45) is 18.6. The van der Waals surface area contributed by atoms with Crippen LogP contribution in [-0.4, -0.2) is 12.1 Å². The van der Waals surface area contributed by atoms with Crippen molar-refractivity contribution in [2.24, 2.45) is 35.5 Å². The van der Waals surface area contributed by atoms with Gasteiger partial charge in [0.2, 0.25) is 0 Å². The van der Waals surface area contributed by atoms with Crippen LogP contribution < -0.4 is 5.32 Å². The first kappa shape index (κ1) is 13.4. The fourth-order valence-electron chi connectivity index (χ4n) is 7.49. The van der Waals surface area contributed by atoms with Gasteiger partial charge in [0.25, 0.3) is 0 Å². The van der Waals surface area contributed by atoms with Crippen molar-refractivity contribution < 1.29 is 0 Å². The van der Waals surface area contributed by atoms with Crippen molar-refractivity contribution in [3.63, 3.8) is 0 Å². The molecule has 0 aromatic rings. The van der Waals surface area contributed by atoms with E-state index in [2.05, 4.69) is 5.32 Å². The Morgan fingerprint density at radius 1 is 0.524 bits per heavy atom. The molecular weight excluding hydrogens is 254 g/mol. The minimum Gasteiger partial charge on any atom is -0.311 e. The average molecular weight is 287 g/mol. The molecule has 6 saturated carbocycles. The van der Waals surface area contributed by atoms with Gasteiger partial charge >= 0.3 is 0 Å². The Hall–Kier alpha value is -0.0400. The third kappa shape index (κ3) is 2.38. The van der Waals surface area contributed by atoms with Crippen LogP contribution in [-0.2, 0) is 0 Å². The minimum atomic E-state index is 0.881. The van der Waals surface area contributed by atoms with Gasteiger partial charge < -0.3 is 5.32 Å². The Kier molecular flexibility index (Phi) is 3.35. The minimum absolute atomic E-state index is 0.881. The summed E-state index contributed by atoms with van der Waals surface area (Å²) in [4.78, 5) is 0. The molecule has 0 amide bonds. The van der Waals surface area contributed by atoms with Gasteiger partial charge in [-0.1, -0.05) is 25.7 Å². The first-order valence-corrected chi connectivity index (χ1v) is 10.1. The molecule has 0 aromatic carbocycles. The summed E-state index contributed by atoms with van der Waals surface area (Å²) in [5.74, 6) is 6.56. The Morgan fingerprint density at radius 2 is 1.19 bits per heavy atom. The molecule has 4 bridgehead atoms. The van der Waals surface area contributed by atoms with E-state index in [1.54, 1.807) is 44.9 Å². The Labute approximate surface area is 130 Å². The lowest BCUT2D eigenvalue weighted by atomic mass is 9.54. The van der Waals surface area contributed by atoms with Crippen LogP contribution >= 0.6 is 0 Å². The van der Waals surface area contributed by atoms with E-state index in [1.807, 2.05) is 0 Å². The molecule has 6 aliphatic rings. The molecular formula is C20H33N. The maximum absolute atomic E-state index is 4.23. The zero-order valence-corrected chi connectivity index (χ0v) is 13.6. The third-order valence-electron chi connectivity index (χ3n) is 8.19. The normalized spacial score (nSPS) is 55.4. The summed E-state index contributed by atoms with van der Waals surface area (Å²) < 4.78 is 0. The Balaban J connectivity index is 1.24. The van der Waals surface area contributed by atoms with E-state index in [0.29, 0.717) is 0 Å². The SMILES string of the molecule is C1CCC2CC(NC3C4CC5CC(C4)CC3C5)CCC2C1. The lowest BCUT2D eigenvalue weighted by Gasteiger charge is -2.56. The third-order valence-corrected chi connectivity index (χ3v) is 8.19. The molecule has 0 spiro atoms. The molecule has 1 N–H and O–H groups in total. The van der Waals surface area contributed by atoms with Crippen LogP contribution in [0.15, 0.2) is 0 Å². The number of hydrogen-bond donors (Lipinski definition) is 1. The van der Waals surface area contributed by atoms with Crippen LogP contribution in [0, 0.1) is 35.5 Å². The fourth-order valence-corrected chi connectivity index (χ4v) is 7.49. The molecule has 3 atom stereocenters. The summed E-state index contributed by atoms with van der Waals surface area (Å²) >= 11 is 0. The lowest BCUT2D eigenvalue weighted by Crippen LogP contribution is -2.57. The lowest BCUT2D eigenvalue weighted by molar-refractivity contribution is -0.0223. The van der Waals surface area contributed by atoms with Crippen LogP contribution in [0.25, 0.3) is 0 Å². The fraction of sp³-hybridized carbons (Fsp3) is 1.00. The van der Waals surface area contributed by atoms with Crippen molar-refractivity contribution in [1.29, 1.82) is 0 Å². The standard InChI is InChI=1S/C20H33N/c1-2-4-16-12-19(6-5-15(16)3-1)21-20-17-8-13-7-14(10-17)11-18(20)9-13/h13-21H,1-12H2. The van der Waals surface area contributed by atoms with Crippen LogP contribution in [0.1, 0.15) is 77.0 Å². The maximum atomic E-state index is 4.23. The number of rotatable bonds is 2. The second kappa shape index (κ2) is 5.25. The number of nitrogens with one attached hydrogen (secondary N) is 1. The van der Waals surface area contributed by atoms with E-state index in [4.69, 9.17) is 0 Å². The molecule has 0 saturated heterocycles. The highest BCUT2D eigenvalue weighted by molar-refractivity contribution is 5.02. The van der Waals surface area contributed by atoms with Crippen molar-refractivity contribution in [2.75, 3.05) is 0 Å². The second-order valence-corrected chi connectivity index (χ2v) is 9.44. The Bertz CT molecular complexity index is 361. The van der Waals surface area contributed by atoms with E-state index >= 15 is 0 Å². The first-order valence-electron chi connectivity index (χ1n) is 10.1. The largest absolute Gasteiger partial charge is 0.311 e. The molecule has 6 rings (SSSR count). The molecule has 0 aliphatic heterocycles. The van der Waals surface area contributed by atoms with Gasteiger partial charge in [0.05, 0.1) is 0 Å². The first-order chi connectivity index (χ1) is 10.3. The average Bonchev–Trinajstić information content (AvgIpc) is 2.50. The van der Waals surface area contributed by atoms with Crippen LogP contribution in [0.5, 0.6) is 0 Å². The van der Waals surface area contributed by atoms with E-state index in [0.717, 1.165) is 47.6 Å². The molecule has 0 aromatic heterocycles. The molecule has 118 valence electrons. The highest BCUT2D eigenvalue weighted by atomic mass is 15.0. The van der Waals surface area contributed by atoms with Gasteiger partial charge in [0, 0.05) is 12.1 Å². The monoisotopic (exact) mass is 287 g/mol. The number of hydrogen-bond acceptors (Lipinski definition) is 1. The molecule has 6 aliphatic carbocycles. The molecule has 1 heteroatoms. The predicted molar refractivity (Wildman–Crippen MR) is 87.1 cm³/mol. The van der Waals surface area contributed by atoms with E-state index in [-0.39, 0.29) is 0 Å².